The number of benzene rings is 1. The van der Waals surface area contributed by atoms with Crippen LogP contribution in [0.1, 0.15) is 36.8 Å². The first kappa shape index (κ1) is 18.9. The van der Waals surface area contributed by atoms with Crippen LogP contribution in [0.2, 0.25) is 5.02 Å². The number of halogens is 2. The van der Waals surface area contributed by atoms with Crippen LogP contribution in [0.15, 0.2) is 30.9 Å². The summed E-state index contributed by atoms with van der Waals surface area (Å²) >= 11 is 6.19. The third-order valence-electron chi connectivity index (χ3n) is 3.68. The van der Waals surface area contributed by atoms with Crippen LogP contribution in [0.4, 0.5) is 0 Å². The molecule has 0 atom stereocenters. The first-order chi connectivity index (χ1) is 10.2. The predicted octanol–water partition coefficient (Wildman–Crippen LogP) is 5.21. The third kappa shape index (κ3) is 5.90. The third-order valence-corrected chi connectivity index (χ3v) is 3.97. The van der Waals surface area contributed by atoms with Gasteiger partial charge in [0.1, 0.15) is 5.75 Å². The van der Waals surface area contributed by atoms with E-state index in [9.17, 15) is 0 Å². The molecule has 0 bridgehead atoms. The van der Waals surface area contributed by atoms with Crippen molar-refractivity contribution < 1.29 is 4.74 Å². The molecule has 0 saturated carbocycles. The van der Waals surface area contributed by atoms with E-state index in [2.05, 4.69) is 23.4 Å². The van der Waals surface area contributed by atoms with Gasteiger partial charge < -0.3 is 9.30 Å². The molecule has 0 aliphatic rings. The minimum absolute atomic E-state index is 0. The Morgan fingerprint density at radius 3 is 2.55 bits per heavy atom. The molecule has 0 aliphatic heterocycles. The van der Waals surface area contributed by atoms with Crippen molar-refractivity contribution in [2.24, 2.45) is 0 Å². The number of unbranched alkanes of at least 4 members (excludes halogenated alkanes) is 3. The zero-order chi connectivity index (χ0) is 15.1. The van der Waals surface area contributed by atoms with E-state index >= 15 is 0 Å². The molecule has 0 radical (unpaired) electrons. The molecule has 2 aromatic rings. The van der Waals surface area contributed by atoms with E-state index in [1.807, 2.05) is 30.9 Å². The lowest BCUT2D eigenvalue weighted by Gasteiger charge is -2.10. The molecule has 1 aromatic carbocycles. The van der Waals surface area contributed by atoms with Crippen LogP contribution in [-0.2, 0) is 6.54 Å². The maximum absolute atomic E-state index is 6.19. The number of aryl methyl sites for hydroxylation is 3. The van der Waals surface area contributed by atoms with Crippen LogP contribution < -0.4 is 4.74 Å². The Morgan fingerprint density at radius 2 is 1.82 bits per heavy atom. The van der Waals surface area contributed by atoms with Crippen LogP contribution in [0.3, 0.4) is 0 Å². The summed E-state index contributed by atoms with van der Waals surface area (Å²) in [7, 11) is 0. The Labute approximate surface area is 144 Å². The molecule has 0 N–H and O–H groups in total. The zero-order valence-electron chi connectivity index (χ0n) is 13.2. The monoisotopic (exact) mass is 342 g/mol. The van der Waals surface area contributed by atoms with Crippen molar-refractivity contribution in [1.82, 2.24) is 9.55 Å². The molecule has 5 heteroatoms. The Balaban J connectivity index is 0.00000242. The van der Waals surface area contributed by atoms with E-state index in [1.54, 1.807) is 0 Å². The molecule has 2 rings (SSSR count). The van der Waals surface area contributed by atoms with E-state index in [0.717, 1.165) is 25.3 Å². The lowest BCUT2D eigenvalue weighted by atomic mass is 10.1. The number of imidazole rings is 1. The number of hydrogen-bond acceptors (Lipinski definition) is 2. The second-order valence-corrected chi connectivity index (χ2v) is 5.84. The molecule has 3 nitrogen and oxygen atoms in total. The predicted molar refractivity (Wildman–Crippen MR) is 94.4 cm³/mol. The quantitative estimate of drug-likeness (QED) is 0.615. The van der Waals surface area contributed by atoms with E-state index < -0.39 is 0 Å². The maximum atomic E-state index is 6.19. The molecular formula is C17H24Cl2N2O. The summed E-state index contributed by atoms with van der Waals surface area (Å²) in [6, 6.07) is 3.99. The van der Waals surface area contributed by atoms with Crippen LogP contribution in [0.25, 0.3) is 0 Å². The molecular weight excluding hydrogens is 319 g/mol. The maximum Gasteiger partial charge on any atom is 0.138 e. The first-order valence-corrected chi connectivity index (χ1v) is 7.90. The van der Waals surface area contributed by atoms with Gasteiger partial charge in [0.05, 0.1) is 18.0 Å². The standard InChI is InChI=1S/C17H23ClN2O.ClH/c1-14-11-16(18)17(12-15(14)2)21-10-6-4-3-5-8-20-9-7-19-13-20;/h7,9,11-13H,3-6,8,10H2,1-2H3;1H. The van der Waals surface area contributed by atoms with Crippen LogP contribution >= 0.6 is 24.0 Å². The summed E-state index contributed by atoms with van der Waals surface area (Å²) in [5, 5.41) is 0.707. The fraction of sp³-hybridized carbons (Fsp3) is 0.471. The number of ether oxygens (including phenoxy) is 1. The fourth-order valence-electron chi connectivity index (χ4n) is 2.22. The van der Waals surface area contributed by atoms with Gasteiger partial charge in [-0.25, -0.2) is 4.98 Å². The number of rotatable bonds is 8. The minimum Gasteiger partial charge on any atom is -0.492 e. The second kappa shape index (κ2) is 9.75. The first-order valence-electron chi connectivity index (χ1n) is 7.52. The highest BCUT2D eigenvalue weighted by molar-refractivity contribution is 6.32. The van der Waals surface area contributed by atoms with Crippen LogP contribution in [-0.4, -0.2) is 16.2 Å². The van der Waals surface area contributed by atoms with Crippen molar-refractivity contribution in [3.63, 3.8) is 0 Å². The molecule has 1 heterocycles. The minimum atomic E-state index is 0. The molecule has 0 saturated heterocycles. The fourth-order valence-corrected chi connectivity index (χ4v) is 2.49. The Hall–Kier alpha value is -1.19. The molecule has 0 fully saturated rings. The van der Waals surface area contributed by atoms with E-state index in [1.165, 1.54) is 30.4 Å². The van der Waals surface area contributed by atoms with Crippen molar-refractivity contribution in [3.05, 3.63) is 47.0 Å². The van der Waals surface area contributed by atoms with E-state index in [-0.39, 0.29) is 12.4 Å². The van der Waals surface area contributed by atoms with Crippen LogP contribution in [0.5, 0.6) is 5.75 Å². The van der Waals surface area contributed by atoms with Crippen molar-refractivity contribution in [2.45, 2.75) is 46.1 Å². The molecule has 0 unspecified atom stereocenters. The Morgan fingerprint density at radius 1 is 1.09 bits per heavy atom. The highest BCUT2D eigenvalue weighted by atomic mass is 35.5. The smallest absolute Gasteiger partial charge is 0.138 e. The number of hydrogen-bond donors (Lipinski definition) is 0. The molecule has 0 spiro atoms. The highest BCUT2D eigenvalue weighted by Crippen LogP contribution is 2.27. The van der Waals surface area contributed by atoms with Gasteiger partial charge in [-0.1, -0.05) is 24.4 Å². The van der Waals surface area contributed by atoms with Gasteiger partial charge in [-0.2, -0.15) is 0 Å². The van der Waals surface area contributed by atoms with Crippen molar-refractivity contribution in [3.8, 4) is 5.75 Å². The van der Waals surface area contributed by atoms with E-state index in [0.29, 0.717) is 5.02 Å². The van der Waals surface area contributed by atoms with Gasteiger partial charge in [0.2, 0.25) is 0 Å². The van der Waals surface area contributed by atoms with Crippen LogP contribution in [0, 0.1) is 13.8 Å². The summed E-state index contributed by atoms with van der Waals surface area (Å²) in [6.07, 6.45) is 10.3. The zero-order valence-corrected chi connectivity index (χ0v) is 14.8. The summed E-state index contributed by atoms with van der Waals surface area (Å²) < 4.78 is 7.89. The highest BCUT2D eigenvalue weighted by Gasteiger charge is 2.04. The summed E-state index contributed by atoms with van der Waals surface area (Å²) in [5.41, 5.74) is 2.42. The normalized spacial score (nSPS) is 10.3. The van der Waals surface area contributed by atoms with Crippen molar-refractivity contribution >= 4 is 24.0 Å². The van der Waals surface area contributed by atoms with Crippen molar-refractivity contribution in [2.75, 3.05) is 6.61 Å². The van der Waals surface area contributed by atoms with Gasteiger partial charge in [0.15, 0.2) is 0 Å². The number of nitrogens with zero attached hydrogens (tertiary/aromatic N) is 2. The molecule has 0 aliphatic carbocycles. The van der Waals surface area contributed by atoms with Crippen molar-refractivity contribution in [1.29, 1.82) is 0 Å². The summed E-state index contributed by atoms with van der Waals surface area (Å²) in [6.45, 7) is 5.91. The molecule has 122 valence electrons. The second-order valence-electron chi connectivity index (χ2n) is 5.43. The lowest BCUT2D eigenvalue weighted by Crippen LogP contribution is -2.00. The average Bonchev–Trinajstić information content (AvgIpc) is 2.96. The number of aromatic nitrogens is 2. The Bertz CT molecular complexity index is 556. The average molecular weight is 343 g/mol. The molecule has 1 aromatic heterocycles. The topological polar surface area (TPSA) is 27.1 Å². The SMILES string of the molecule is Cc1cc(Cl)c(OCCCCCCn2ccnc2)cc1C.Cl. The summed E-state index contributed by atoms with van der Waals surface area (Å²) in [5.74, 6) is 0.804. The Kier molecular flexibility index (Phi) is 8.36. The van der Waals surface area contributed by atoms with Gasteiger partial charge in [-0.05, 0) is 49.9 Å². The molecule has 22 heavy (non-hydrogen) atoms. The van der Waals surface area contributed by atoms with Gasteiger partial charge in [0, 0.05) is 18.9 Å². The molecule has 0 amide bonds. The van der Waals surface area contributed by atoms with Gasteiger partial charge in [-0.3, -0.25) is 0 Å². The van der Waals surface area contributed by atoms with Gasteiger partial charge in [-0.15, -0.1) is 12.4 Å². The van der Waals surface area contributed by atoms with Gasteiger partial charge >= 0.3 is 0 Å². The lowest BCUT2D eigenvalue weighted by molar-refractivity contribution is 0.304. The largest absolute Gasteiger partial charge is 0.492 e. The van der Waals surface area contributed by atoms with Gasteiger partial charge in [0.25, 0.3) is 0 Å². The summed E-state index contributed by atoms with van der Waals surface area (Å²) in [4.78, 5) is 4.04. The van der Waals surface area contributed by atoms with E-state index in [4.69, 9.17) is 16.3 Å².